The van der Waals surface area contributed by atoms with E-state index in [4.69, 9.17) is 18.9 Å². The molecule has 1 spiro atoms. The van der Waals surface area contributed by atoms with Crippen LogP contribution >= 0.6 is 0 Å². The standard InChI is InChI=1S/C26H32O7/c1-14(27)30-13-19(29)26-20(31-22(2,3)33-26)11-18-17-7-6-15-10-16(28)8-9-23(15,4)25(17)21(32-25)12-24(18,26)5/h8-10,17-18,20-21H,6-7,11-13H2,1-5H3. The molecule has 6 aliphatic rings. The molecule has 4 aliphatic carbocycles. The monoisotopic (exact) mass is 456 g/mol. The van der Waals surface area contributed by atoms with Crippen LogP contribution in [0.25, 0.3) is 0 Å². The van der Waals surface area contributed by atoms with Crippen LogP contribution in [-0.4, -0.2) is 53.3 Å². The fraction of sp³-hybridized carbons (Fsp3) is 0.731. The summed E-state index contributed by atoms with van der Waals surface area (Å²) in [5.74, 6) is -1.18. The summed E-state index contributed by atoms with van der Waals surface area (Å²) in [6.07, 6.45) is 8.21. The molecule has 2 saturated heterocycles. The van der Waals surface area contributed by atoms with Gasteiger partial charge in [0.15, 0.2) is 23.8 Å². The van der Waals surface area contributed by atoms with Crippen molar-refractivity contribution in [1.29, 1.82) is 0 Å². The second-order valence-corrected chi connectivity index (χ2v) is 11.7. The van der Waals surface area contributed by atoms with Gasteiger partial charge in [0.1, 0.15) is 5.60 Å². The Morgan fingerprint density at radius 1 is 1.12 bits per heavy atom. The van der Waals surface area contributed by atoms with Crippen LogP contribution < -0.4 is 0 Å². The molecule has 3 saturated carbocycles. The van der Waals surface area contributed by atoms with Gasteiger partial charge in [0, 0.05) is 17.8 Å². The van der Waals surface area contributed by atoms with Gasteiger partial charge in [-0.2, -0.15) is 0 Å². The molecule has 178 valence electrons. The Kier molecular flexibility index (Phi) is 4.10. The van der Waals surface area contributed by atoms with E-state index < -0.39 is 28.9 Å². The van der Waals surface area contributed by atoms with Crippen molar-refractivity contribution >= 4 is 17.5 Å². The van der Waals surface area contributed by atoms with Gasteiger partial charge in [0.25, 0.3) is 0 Å². The first-order valence-corrected chi connectivity index (χ1v) is 12.1. The zero-order valence-corrected chi connectivity index (χ0v) is 19.9. The zero-order valence-electron chi connectivity index (χ0n) is 19.9. The van der Waals surface area contributed by atoms with Gasteiger partial charge in [-0.05, 0) is 70.4 Å². The second-order valence-electron chi connectivity index (χ2n) is 11.7. The van der Waals surface area contributed by atoms with Crippen LogP contribution in [0.1, 0.15) is 60.3 Å². The normalized spacial score (nSPS) is 50.3. The van der Waals surface area contributed by atoms with Crippen molar-refractivity contribution in [3.63, 3.8) is 0 Å². The molecule has 6 rings (SSSR count). The van der Waals surface area contributed by atoms with Crippen molar-refractivity contribution in [2.45, 2.75) is 89.5 Å². The number of hydrogen-bond donors (Lipinski definition) is 0. The number of epoxide rings is 1. The maximum absolute atomic E-state index is 13.7. The summed E-state index contributed by atoms with van der Waals surface area (Å²) >= 11 is 0. The molecule has 0 N–H and O–H groups in total. The van der Waals surface area contributed by atoms with E-state index in [9.17, 15) is 14.4 Å². The minimum absolute atomic E-state index is 0.0280. The van der Waals surface area contributed by atoms with Gasteiger partial charge in [-0.25, -0.2) is 0 Å². The maximum atomic E-state index is 13.7. The van der Waals surface area contributed by atoms with Crippen LogP contribution in [0.4, 0.5) is 0 Å². The van der Waals surface area contributed by atoms with Crippen molar-refractivity contribution in [3.05, 3.63) is 23.8 Å². The lowest BCUT2D eigenvalue weighted by Gasteiger charge is -2.56. The summed E-state index contributed by atoms with van der Waals surface area (Å²) in [5, 5.41) is 0. The molecule has 5 fully saturated rings. The molecule has 0 aromatic carbocycles. The molecule has 0 amide bonds. The predicted octanol–water partition coefficient (Wildman–Crippen LogP) is 3.06. The molecule has 7 heteroatoms. The van der Waals surface area contributed by atoms with E-state index >= 15 is 0 Å². The second kappa shape index (κ2) is 6.23. The fourth-order valence-electron chi connectivity index (χ4n) is 8.52. The number of allylic oxidation sites excluding steroid dienone is 2. The van der Waals surface area contributed by atoms with Crippen molar-refractivity contribution in [3.8, 4) is 0 Å². The molecule has 7 nitrogen and oxygen atoms in total. The Morgan fingerprint density at radius 3 is 2.61 bits per heavy atom. The van der Waals surface area contributed by atoms with Gasteiger partial charge in [-0.15, -0.1) is 0 Å². The first kappa shape index (κ1) is 21.7. The molecule has 0 bridgehead atoms. The Labute approximate surface area is 193 Å². The lowest BCUT2D eigenvalue weighted by Crippen LogP contribution is -2.63. The van der Waals surface area contributed by atoms with Crippen LogP contribution in [0.2, 0.25) is 0 Å². The van der Waals surface area contributed by atoms with E-state index in [0.29, 0.717) is 12.8 Å². The fourth-order valence-corrected chi connectivity index (χ4v) is 8.52. The van der Waals surface area contributed by atoms with Crippen molar-refractivity contribution in [2.24, 2.45) is 22.7 Å². The number of rotatable bonds is 3. The van der Waals surface area contributed by atoms with E-state index in [1.165, 1.54) is 6.92 Å². The van der Waals surface area contributed by atoms with E-state index in [1.54, 1.807) is 12.2 Å². The molecule has 33 heavy (non-hydrogen) atoms. The first-order valence-electron chi connectivity index (χ1n) is 12.1. The van der Waals surface area contributed by atoms with Gasteiger partial charge >= 0.3 is 5.97 Å². The number of ether oxygens (including phenoxy) is 4. The summed E-state index contributed by atoms with van der Waals surface area (Å²) in [6.45, 7) is 9.02. The number of carbonyl (C=O) groups is 3. The smallest absolute Gasteiger partial charge is 0.303 e. The molecule has 2 aliphatic heterocycles. The van der Waals surface area contributed by atoms with Gasteiger partial charge in [0.05, 0.1) is 12.2 Å². The van der Waals surface area contributed by atoms with E-state index in [-0.39, 0.29) is 47.1 Å². The Morgan fingerprint density at radius 2 is 1.88 bits per heavy atom. The molecular formula is C26H32O7. The zero-order chi connectivity index (χ0) is 23.6. The summed E-state index contributed by atoms with van der Waals surface area (Å²) in [7, 11) is 0. The summed E-state index contributed by atoms with van der Waals surface area (Å²) in [6, 6.07) is 0. The van der Waals surface area contributed by atoms with Crippen LogP contribution in [0.5, 0.6) is 0 Å². The van der Waals surface area contributed by atoms with Crippen molar-refractivity contribution < 1.29 is 33.3 Å². The Balaban J connectivity index is 1.42. The highest BCUT2D eigenvalue weighted by atomic mass is 16.8. The number of Topliss-reactive ketones (excluding diaryl/α,β-unsaturated/α-hetero) is 1. The summed E-state index contributed by atoms with van der Waals surface area (Å²) < 4.78 is 24.6. The predicted molar refractivity (Wildman–Crippen MR) is 116 cm³/mol. The number of ketones is 2. The summed E-state index contributed by atoms with van der Waals surface area (Å²) in [5.41, 5.74) is -1.20. The highest BCUT2D eigenvalue weighted by Gasteiger charge is 2.84. The Hall–Kier alpha value is -1.83. The van der Waals surface area contributed by atoms with E-state index in [2.05, 4.69) is 13.8 Å². The molecular weight excluding hydrogens is 424 g/mol. The van der Waals surface area contributed by atoms with Crippen molar-refractivity contribution in [2.75, 3.05) is 6.61 Å². The topological polar surface area (TPSA) is 91.4 Å². The minimum Gasteiger partial charge on any atom is -0.458 e. The summed E-state index contributed by atoms with van der Waals surface area (Å²) in [4.78, 5) is 37.3. The number of hydrogen-bond acceptors (Lipinski definition) is 7. The SMILES string of the molecule is CC(=O)OCC(=O)C12OC(C)(C)OC1CC1C3CCC4=CC(=O)C=CC4(C)C34OC4CC12C. The number of esters is 1. The minimum atomic E-state index is -1.18. The highest BCUT2D eigenvalue weighted by Crippen LogP contribution is 2.77. The average Bonchev–Trinajstić information content (AvgIpc) is 3.30. The Bertz CT molecular complexity index is 1040. The lowest BCUT2D eigenvalue weighted by atomic mass is 9.46. The molecule has 0 radical (unpaired) electrons. The van der Waals surface area contributed by atoms with E-state index in [1.807, 2.05) is 19.9 Å². The van der Waals surface area contributed by atoms with Crippen LogP contribution in [0, 0.1) is 22.7 Å². The average molecular weight is 457 g/mol. The van der Waals surface area contributed by atoms with Gasteiger partial charge in [-0.1, -0.05) is 18.6 Å². The molecule has 8 unspecified atom stereocenters. The lowest BCUT2D eigenvalue weighted by molar-refractivity contribution is -0.212. The molecule has 0 aromatic rings. The van der Waals surface area contributed by atoms with Crippen LogP contribution in [-0.2, 0) is 33.3 Å². The third-order valence-electron chi connectivity index (χ3n) is 9.75. The first-order chi connectivity index (χ1) is 15.4. The number of fused-ring (bicyclic) bond motifs is 5. The molecule has 8 atom stereocenters. The molecule has 2 heterocycles. The van der Waals surface area contributed by atoms with Gasteiger partial charge in [-0.3, -0.25) is 14.4 Å². The van der Waals surface area contributed by atoms with E-state index in [0.717, 1.165) is 18.4 Å². The van der Waals surface area contributed by atoms with Crippen LogP contribution in [0.15, 0.2) is 23.8 Å². The third kappa shape index (κ3) is 2.43. The molecule has 0 aromatic heterocycles. The quantitative estimate of drug-likeness (QED) is 0.476. The van der Waals surface area contributed by atoms with Crippen molar-refractivity contribution in [1.82, 2.24) is 0 Å². The maximum Gasteiger partial charge on any atom is 0.303 e. The number of carbonyl (C=O) groups excluding carboxylic acids is 3. The van der Waals surface area contributed by atoms with Crippen LogP contribution in [0.3, 0.4) is 0 Å². The van der Waals surface area contributed by atoms with Gasteiger partial charge in [0.2, 0.25) is 5.78 Å². The van der Waals surface area contributed by atoms with Gasteiger partial charge < -0.3 is 18.9 Å². The highest BCUT2D eigenvalue weighted by molar-refractivity contribution is 6.01. The third-order valence-corrected chi connectivity index (χ3v) is 9.75. The largest absolute Gasteiger partial charge is 0.458 e.